The summed E-state index contributed by atoms with van der Waals surface area (Å²) in [5, 5.41) is 17.7. The van der Waals surface area contributed by atoms with Gasteiger partial charge in [-0.3, -0.25) is 4.79 Å². The number of hydrogen-bond donors (Lipinski definition) is 3. The molecule has 0 radical (unpaired) electrons. The summed E-state index contributed by atoms with van der Waals surface area (Å²) in [6, 6.07) is -0.951. The number of aliphatic carboxylic acids is 2. The number of thioether (sulfide) groups is 1. The summed E-state index contributed by atoms with van der Waals surface area (Å²) in [6.07, 6.45) is 0.930. The number of rotatable bonds is 5. The lowest BCUT2D eigenvalue weighted by Gasteiger charge is -2.01. The molecular formula is C6H9NO4S. The molecule has 1 unspecified atom stereocenters. The molecule has 0 aromatic rings. The van der Waals surface area contributed by atoms with Gasteiger partial charge in [-0.2, -0.15) is 0 Å². The van der Waals surface area contributed by atoms with E-state index in [1.807, 2.05) is 0 Å². The monoisotopic (exact) mass is 191 g/mol. The average molecular weight is 191 g/mol. The molecule has 0 saturated carbocycles. The number of carboxylic acids is 2. The lowest BCUT2D eigenvalue weighted by Crippen LogP contribution is -2.32. The van der Waals surface area contributed by atoms with E-state index in [9.17, 15) is 9.59 Å². The van der Waals surface area contributed by atoms with E-state index < -0.39 is 18.0 Å². The van der Waals surface area contributed by atoms with Crippen molar-refractivity contribution in [1.29, 1.82) is 0 Å². The summed E-state index contributed by atoms with van der Waals surface area (Å²) in [5.41, 5.74) is 5.13. The molecule has 0 aliphatic carbocycles. The average Bonchev–Trinajstić information content (AvgIpc) is 1.97. The fourth-order valence-corrected chi connectivity index (χ4v) is 1.01. The van der Waals surface area contributed by atoms with Gasteiger partial charge in [0.15, 0.2) is 0 Å². The molecule has 0 spiro atoms. The van der Waals surface area contributed by atoms with Gasteiger partial charge in [0, 0.05) is 11.8 Å². The van der Waals surface area contributed by atoms with Crippen LogP contribution in [0.15, 0.2) is 11.5 Å². The van der Waals surface area contributed by atoms with Crippen molar-refractivity contribution >= 4 is 23.7 Å². The second kappa shape index (κ2) is 5.62. The molecule has 12 heavy (non-hydrogen) atoms. The zero-order valence-electron chi connectivity index (χ0n) is 6.14. The van der Waals surface area contributed by atoms with Gasteiger partial charge >= 0.3 is 11.9 Å². The van der Waals surface area contributed by atoms with Crippen LogP contribution in [0.25, 0.3) is 0 Å². The Morgan fingerprint density at radius 1 is 1.50 bits per heavy atom. The van der Waals surface area contributed by atoms with Crippen LogP contribution < -0.4 is 5.73 Å². The molecule has 0 rings (SSSR count). The summed E-state index contributed by atoms with van der Waals surface area (Å²) in [7, 11) is 0. The Labute approximate surface area is 73.2 Å². The zero-order valence-corrected chi connectivity index (χ0v) is 6.95. The minimum atomic E-state index is -1.09. The van der Waals surface area contributed by atoms with E-state index in [-0.39, 0.29) is 5.75 Å². The van der Waals surface area contributed by atoms with Crippen LogP contribution in [-0.2, 0) is 9.59 Å². The van der Waals surface area contributed by atoms with Crippen molar-refractivity contribution in [2.24, 2.45) is 5.73 Å². The highest BCUT2D eigenvalue weighted by Crippen LogP contribution is 2.03. The largest absolute Gasteiger partial charge is 0.480 e. The first kappa shape index (κ1) is 11.0. The number of carbonyl (C=O) groups is 2. The Hall–Kier alpha value is -1.01. The molecule has 0 amide bonds. The summed E-state index contributed by atoms with van der Waals surface area (Å²) in [6.45, 7) is 0. The SMILES string of the molecule is NC(CS/C=C\C(=O)O)C(=O)O. The molecule has 1 atom stereocenters. The summed E-state index contributed by atoms with van der Waals surface area (Å²) < 4.78 is 0. The summed E-state index contributed by atoms with van der Waals surface area (Å²) in [4.78, 5) is 20.1. The minimum absolute atomic E-state index is 0.166. The molecule has 0 aliphatic rings. The van der Waals surface area contributed by atoms with E-state index in [0.29, 0.717) is 0 Å². The second-order valence-corrected chi connectivity index (χ2v) is 2.86. The van der Waals surface area contributed by atoms with Crippen molar-refractivity contribution < 1.29 is 19.8 Å². The third-order valence-corrected chi connectivity index (χ3v) is 1.78. The van der Waals surface area contributed by atoms with Crippen LogP contribution in [-0.4, -0.2) is 33.9 Å². The van der Waals surface area contributed by atoms with Crippen LogP contribution in [0.3, 0.4) is 0 Å². The predicted octanol–water partition coefficient (Wildman–Crippen LogP) is -0.270. The molecule has 4 N–H and O–H groups in total. The van der Waals surface area contributed by atoms with Gasteiger partial charge in [0.1, 0.15) is 6.04 Å². The van der Waals surface area contributed by atoms with E-state index in [1.165, 1.54) is 5.41 Å². The molecule has 68 valence electrons. The van der Waals surface area contributed by atoms with Crippen molar-refractivity contribution in [2.45, 2.75) is 6.04 Å². The smallest absolute Gasteiger partial charge is 0.328 e. The molecule has 0 aromatic heterocycles. The van der Waals surface area contributed by atoms with Gasteiger partial charge in [0.25, 0.3) is 0 Å². The molecule has 0 fully saturated rings. The summed E-state index contributed by atoms with van der Waals surface area (Å²) >= 11 is 1.05. The van der Waals surface area contributed by atoms with Gasteiger partial charge in [-0.25, -0.2) is 4.79 Å². The van der Waals surface area contributed by atoms with Crippen LogP contribution in [0.2, 0.25) is 0 Å². The molecule has 0 aliphatic heterocycles. The lowest BCUT2D eigenvalue weighted by molar-refractivity contribution is -0.138. The van der Waals surface area contributed by atoms with Gasteiger partial charge < -0.3 is 15.9 Å². The maximum atomic E-state index is 10.1. The van der Waals surface area contributed by atoms with Crippen molar-refractivity contribution in [3.63, 3.8) is 0 Å². The van der Waals surface area contributed by atoms with Crippen LogP contribution in [0.1, 0.15) is 0 Å². The first-order valence-corrected chi connectivity index (χ1v) is 4.08. The van der Waals surface area contributed by atoms with Crippen LogP contribution >= 0.6 is 11.8 Å². The van der Waals surface area contributed by atoms with E-state index in [1.54, 1.807) is 0 Å². The van der Waals surface area contributed by atoms with Crippen molar-refractivity contribution in [3.8, 4) is 0 Å². The number of hydrogen-bond acceptors (Lipinski definition) is 4. The van der Waals surface area contributed by atoms with Gasteiger partial charge in [-0.1, -0.05) is 0 Å². The first-order chi connectivity index (χ1) is 5.54. The van der Waals surface area contributed by atoms with Gasteiger partial charge in [-0.15, -0.1) is 11.8 Å². The highest BCUT2D eigenvalue weighted by molar-refractivity contribution is 8.02. The maximum Gasteiger partial charge on any atom is 0.328 e. The van der Waals surface area contributed by atoms with Crippen molar-refractivity contribution in [2.75, 3.05) is 5.75 Å². The highest BCUT2D eigenvalue weighted by Gasteiger charge is 2.09. The van der Waals surface area contributed by atoms with Crippen LogP contribution in [0, 0.1) is 0 Å². The van der Waals surface area contributed by atoms with E-state index in [4.69, 9.17) is 15.9 Å². The number of nitrogens with two attached hydrogens (primary N) is 1. The molecule has 0 bridgehead atoms. The van der Waals surface area contributed by atoms with Crippen molar-refractivity contribution in [3.05, 3.63) is 11.5 Å². The highest BCUT2D eigenvalue weighted by atomic mass is 32.2. The van der Waals surface area contributed by atoms with E-state index in [0.717, 1.165) is 17.8 Å². The Morgan fingerprint density at radius 2 is 2.08 bits per heavy atom. The topological polar surface area (TPSA) is 101 Å². The molecule has 0 heterocycles. The standard InChI is InChI=1S/C6H9NO4S/c7-4(6(10)11)3-12-2-1-5(8)9/h1-2,4H,3,7H2,(H,8,9)(H,10,11)/b2-1-. The number of carboxylic acid groups (broad SMARTS) is 2. The van der Waals surface area contributed by atoms with E-state index >= 15 is 0 Å². The molecular weight excluding hydrogens is 182 g/mol. The van der Waals surface area contributed by atoms with Gasteiger partial charge in [0.05, 0.1) is 0 Å². The van der Waals surface area contributed by atoms with Gasteiger partial charge in [-0.05, 0) is 5.41 Å². The predicted molar refractivity (Wildman–Crippen MR) is 44.8 cm³/mol. The second-order valence-electron chi connectivity index (χ2n) is 1.92. The van der Waals surface area contributed by atoms with Crippen LogP contribution in [0.5, 0.6) is 0 Å². The lowest BCUT2D eigenvalue weighted by atomic mass is 10.4. The van der Waals surface area contributed by atoms with Gasteiger partial charge in [0.2, 0.25) is 0 Å². The normalized spacial score (nSPS) is 13.1. The third-order valence-electron chi connectivity index (χ3n) is 0.900. The fraction of sp³-hybridized carbons (Fsp3) is 0.333. The Morgan fingerprint density at radius 3 is 2.50 bits per heavy atom. The minimum Gasteiger partial charge on any atom is -0.480 e. The van der Waals surface area contributed by atoms with Crippen LogP contribution in [0.4, 0.5) is 0 Å². The molecule has 0 saturated heterocycles. The maximum absolute atomic E-state index is 10.1. The fourth-order valence-electron chi connectivity index (χ4n) is 0.337. The Kier molecular flexibility index (Phi) is 5.14. The first-order valence-electron chi connectivity index (χ1n) is 3.03. The van der Waals surface area contributed by atoms with E-state index in [2.05, 4.69) is 0 Å². The Bertz CT molecular complexity index is 204. The summed E-state index contributed by atoms with van der Waals surface area (Å²) in [5.74, 6) is -1.99. The third kappa shape index (κ3) is 5.75. The molecule has 5 nitrogen and oxygen atoms in total. The molecule has 0 aromatic carbocycles. The quantitative estimate of drug-likeness (QED) is 0.517. The molecule has 6 heteroatoms. The zero-order chi connectivity index (χ0) is 9.56. The van der Waals surface area contributed by atoms with Crippen molar-refractivity contribution in [1.82, 2.24) is 0 Å². The Balaban J connectivity index is 3.56.